The van der Waals surface area contributed by atoms with Crippen LogP contribution in [0, 0.1) is 0 Å². The summed E-state index contributed by atoms with van der Waals surface area (Å²) in [6.07, 6.45) is -8.73. The molecule has 1 amide bonds. The third-order valence-electron chi connectivity index (χ3n) is 5.92. The summed E-state index contributed by atoms with van der Waals surface area (Å²) in [6.45, 7) is 0.547. The highest BCUT2D eigenvalue weighted by molar-refractivity contribution is 5.95. The van der Waals surface area contributed by atoms with Gasteiger partial charge < -0.3 is 9.80 Å². The Morgan fingerprint density at radius 2 is 1.43 bits per heavy atom. The molecule has 0 radical (unpaired) electrons. The highest BCUT2D eigenvalue weighted by atomic mass is 19.4. The average molecular weight is 521 g/mol. The maximum absolute atomic E-state index is 13.2. The number of carbonyl (C=O) groups is 1. The largest absolute Gasteiger partial charge is 0.416 e. The van der Waals surface area contributed by atoms with E-state index in [0.29, 0.717) is 29.1 Å². The molecule has 8 nitrogen and oxygen atoms in total. The van der Waals surface area contributed by atoms with E-state index < -0.39 is 35.0 Å². The average Bonchev–Trinajstić information content (AvgIpc) is 3.32. The van der Waals surface area contributed by atoms with Crippen LogP contribution in [0.4, 0.5) is 32.2 Å². The van der Waals surface area contributed by atoms with Crippen molar-refractivity contribution in [3.05, 3.63) is 71.5 Å². The van der Waals surface area contributed by atoms with E-state index in [0.717, 1.165) is 5.69 Å². The third-order valence-corrected chi connectivity index (χ3v) is 5.92. The van der Waals surface area contributed by atoms with E-state index in [-0.39, 0.29) is 32.2 Å². The van der Waals surface area contributed by atoms with Gasteiger partial charge in [-0.05, 0) is 30.3 Å². The maximum Gasteiger partial charge on any atom is 0.416 e. The van der Waals surface area contributed by atoms with Crippen molar-refractivity contribution in [3.63, 3.8) is 0 Å². The van der Waals surface area contributed by atoms with Gasteiger partial charge in [0.15, 0.2) is 17.0 Å². The van der Waals surface area contributed by atoms with Gasteiger partial charge in [-0.1, -0.05) is 23.4 Å². The van der Waals surface area contributed by atoms with Gasteiger partial charge in [0.25, 0.3) is 5.91 Å². The van der Waals surface area contributed by atoms with E-state index in [9.17, 15) is 31.1 Å². The highest BCUT2D eigenvalue weighted by Gasteiger charge is 2.38. The Kier molecular flexibility index (Phi) is 5.96. The van der Waals surface area contributed by atoms with Gasteiger partial charge in [-0.25, -0.2) is 9.97 Å². The zero-order valence-corrected chi connectivity index (χ0v) is 18.8. The molecule has 0 N–H and O–H groups in total. The Labute approximate surface area is 205 Å². The molecular weight excluding hydrogens is 504 g/mol. The molecule has 4 aromatic rings. The minimum atomic E-state index is -5.04. The lowest BCUT2D eigenvalue weighted by molar-refractivity contribution is -0.143. The summed E-state index contributed by atoms with van der Waals surface area (Å²) in [6, 6.07) is 10.1. The van der Waals surface area contributed by atoms with Crippen LogP contribution in [0.1, 0.15) is 21.5 Å². The molecule has 14 heteroatoms. The van der Waals surface area contributed by atoms with Gasteiger partial charge in [0.05, 0.1) is 16.8 Å². The first kappa shape index (κ1) is 24.5. The number of aromatic nitrogens is 5. The van der Waals surface area contributed by atoms with Crippen molar-refractivity contribution < 1.29 is 31.1 Å². The van der Waals surface area contributed by atoms with Crippen LogP contribution in [0.3, 0.4) is 0 Å². The fourth-order valence-electron chi connectivity index (χ4n) is 4.09. The molecule has 0 spiro atoms. The molecule has 0 atom stereocenters. The van der Waals surface area contributed by atoms with Crippen LogP contribution in [0.15, 0.2) is 54.9 Å². The minimum Gasteiger partial charge on any atom is -0.351 e. The minimum absolute atomic E-state index is 0.00230. The molecule has 2 aromatic carbocycles. The molecule has 0 saturated carbocycles. The van der Waals surface area contributed by atoms with E-state index in [2.05, 4.69) is 20.3 Å². The van der Waals surface area contributed by atoms with Crippen molar-refractivity contribution in [2.75, 3.05) is 31.1 Å². The summed E-state index contributed by atoms with van der Waals surface area (Å²) in [5, 5.41) is 8.34. The summed E-state index contributed by atoms with van der Waals surface area (Å²) < 4.78 is 80.7. The van der Waals surface area contributed by atoms with Crippen molar-refractivity contribution in [3.8, 4) is 5.69 Å². The van der Waals surface area contributed by atoms with E-state index >= 15 is 0 Å². The summed E-state index contributed by atoms with van der Waals surface area (Å²) in [5.41, 5.74) is -2.13. The van der Waals surface area contributed by atoms with Crippen molar-refractivity contribution >= 4 is 22.9 Å². The van der Waals surface area contributed by atoms with Crippen LogP contribution in [0.2, 0.25) is 0 Å². The Bertz CT molecular complexity index is 1410. The van der Waals surface area contributed by atoms with E-state index in [1.54, 1.807) is 4.68 Å². The van der Waals surface area contributed by atoms with E-state index in [1.165, 1.54) is 11.2 Å². The Morgan fingerprint density at radius 3 is 2.03 bits per heavy atom. The van der Waals surface area contributed by atoms with Crippen LogP contribution >= 0.6 is 0 Å². The number of piperazine rings is 1. The molecule has 1 aliphatic heterocycles. The van der Waals surface area contributed by atoms with Crippen molar-refractivity contribution in [1.82, 2.24) is 29.9 Å². The topological polar surface area (TPSA) is 80.0 Å². The number of fused-ring (bicyclic) bond motifs is 1. The van der Waals surface area contributed by atoms with Crippen molar-refractivity contribution in [2.45, 2.75) is 12.4 Å². The molecule has 192 valence electrons. The summed E-state index contributed by atoms with van der Waals surface area (Å²) in [4.78, 5) is 24.5. The smallest absolute Gasteiger partial charge is 0.351 e. The molecule has 3 heterocycles. The quantitative estimate of drug-likeness (QED) is 0.376. The lowest BCUT2D eigenvalue weighted by Crippen LogP contribution is -2.49. The first-order valence-electron chi connectivity index (χ1n) is 11.0. The van der Waals surface area contributed by atoms with Gasteiger partial charge in [-0.15, -0.1) is 5.10 Å². The molecule has 2 aromatic heterocycles. The summed E-state index contributed by atoms with van der Waals surface area (Å²) >= 11 is 0. The monoisotopic (exact) mass is 521 g/mol. The Balaban J connectivity index is 1.37. The second-order valence-corrected chi connectivity index (χ2v) is 8.28. The lowest BCUT2D eigenvalue weighted by Gasteiger charge is -2.35. The zero-order valence-electron chi connectivity index (χ0n) is 18.8. The SMILES string of the molecule is O=C(c1cc(C(F)(F)F)cc(C(F)(F)F)c1)N1CCN(c2ncnc3c2nnn3-c2ccccc2)CC1. The maximum atomic E-state index is 13.2. The fraction of sp³-hybridized carbons (Fsp3) is 0.261. The second-order valence-electron chi connectivity index (χ2n) is 8.28. The first-order valence-corrected chi connectivity index (χ1v) is 11.0. The van der Waals surface area contributed by atoms with Gasteiger partial charge in [-0.3, -0.25) is 4.79 Å². The molecule has 5 rings (SSSR count). The number of carbonyl (C=O) groups excluding carboxylic acids is 1. The van der Waals surface area contributed by atoms with Crippen molar-refractivity contribution in [1.29, 1.82) is 0 Å². The van der Waals surface area contributed by atoms with Gasteiger partial charge in [0.2, 0.25) is 0 Å². The number of halogens is 6. The highest BCUT2D eigenvalue weighted by Crippen LogP contribution is 2.36. The summed E-state index contributed by atoms with van der Waals surface area (Å²) in [7, 11) is 0. The zero-order chi connectivity index (χ0) is 26.4. The van der Waals surface area contributed by atoms with Gasteiger partial charge in [-0.2, -0.15) is 31.0 Å². The van der Waals surface area contributed by atoms with Crippen LogP contribution < -0.4 is 4.90 Å². The normalized spacial score (nSPS) is 14.9. The Morgan fingerprint density at radius 1 is 0.811 bits per heavy atom. The Hall–Kier alpha value is -4.23. The van der Waals surface area contributed by atoms with Crippen LogP contribution in [0.25, 0.3) is 16.9 Å². The van der Waals surface area contributed by atoms with E-state index in [1.807, 2.05) is 35.2 Å². The second kappa shape index (κ2) is 9.01. The predicted molar refractivity (Wildman–Crippen MR) is 119 cm³/mol. The third kappa shape index (κ3) is 4.78. The number of rotatable bonds is 3. The van der Waals surface area contributed by atoms with Gasteiger partial charge in [0.1, 0.15) is 6.33 Å². The number of benzene rings is 2. The number of hydrogen-bond acceptors (Lipinski definition) is 6. The van der Waals surface area contributed by atoms with Gasteiger partial charge >= 0.3 is 12.4 Å². The number of alkyl halides is 6. The number of para-hydroxylation sites is 1. The molecule has 1 fully saturated rings. The predicted octanol–water partition coefficient (Wildman–Crippen LogP) is 4.21. The number of anilines is 1. The van der Waals surface area contributed by atoms with Gasteiger partial charge in [0, 0.05) is 31.7 Å². The van der Waals surface area contributed by atoms with Crippen LogP contribution in [-0.2, 0) is 12.4 Å². The van der Waals surface area contributed by atoms with Crippen LogP contribution in [0.5, 0.6) is 0 Å². The molecule has 0 bridgehead atoms. The lowest BCUT2D eigenvalue weighted by atomic mass is 10.0. The number of nitrogens with zero attached hydrogens (tertiary/aromatic N) is 7. The standard InChI is InChI=1S/C23H17F6N7O/c24-22(25,26)15-10-14(11-16(12-15)23(27,28)29)21(37)35-8-6-34(7-9-35)19-18-20(31-13-30-19)36(33-32-18)17-4-2-1-3-5-17/h1-5,10-13H,6-9H2. The number of hydrogen-bond donors (Lipinski definition) is 0. The van der Waals surface area contributed by atoms with Crippen LogP contribution in [-0.4, -0.2) is 61.9 Å². The number of amides is 1. The first-order chi connectivity index (χ1) is 17.5. The van der Waals surface area contributed by atoms with E-state index in [4.69, 9.17) is 0 Å². The summed E-state index contributed by atoms with van der Waals surface area (Å²) in [5.74, 6) is -0.461. The van der Waals surface area contributed by atoms with Crippen molar-refractivity contribution in [2.24, 2.45) is 0 Å². The molecule has 0 aliphatic carbocycles. The molecule has 0 unspecified atom stereocenters. The molecule has 1 saturated heterocycles. The fourth-order valence-corrected chi connectivity index (χ4v) is 4.09. The molecular formula is C23H17F6N7O. The molecule has 37 heavy (non-hydrogen) atoms. The molecule has 1 aliphatic rings.